The number of rotatable bonds is 4. The molecule has 0 heterocycles. The normalized spacial score (nSPS) is 10.3. The van der Waals surface area contributed by atoms with E-state index in [0.29, 0.717) is 11.3 Å². The van der Waals surface area contributed by atoms with Crippen molar-refractivity contribution < 1.29 is 8.78 Å². The lowest BCUT2D eigenvalue weighted by molar-refractivity contribution is 0.603. The fourth-order valence-corrected chi connectivity index (χ4v) is 2.72. The summed E-state index contributed by atoms with van der Waals surface area (Å²) in [5.41, 5.74) is 6.94. The summed E-state index contributed by atoms with van der Waals surface area (Å²) in [5, 5.41) is 2.84. The van der Waals surface area contributed by atoms with Crippen molar-refractivity contribution in [2.24, 2.45) is 5.73 Å². The van der Waals surface area contributed by atoms with E-state index in [9.17, 15) is 8.78 Å². The van der Waals surface area contributed by atoms with Crippen LogP contribution in [0.5, 0.6) is 0 Å². The largest absolute Gasteiger partial charge is 0.389 e. The molecule has 0 atom stereocenters. The zero-order valence-electron chi connectivity index (χ0n) is 10.6. The van der Waals surface area contributed by atoms with Crippen LogP contribution in [0.4, 0.5) is 20.2 Å². The number of anilines is 2. The van der Waals surface area contributed by atoms with Crippen molar-refractivity contribution in [2.45, 2.75) is 4.90 Å². The maximum atomic E-state index is 13.7. The van der Waals surface area contributed by atoms with Crippen LogP contribution in [-0.4, -0.2) is 11.2 Å². The second-order valence-corrected chi connectivity index (χ2v) is 5.28. The second kappa shape index (κ2) is 6.19. The van der Waals surface area contributed by atoms with Crippen LogP contribution in [0.25, 0.3) is 0 Å². The second-order valence-electron chi connectivity index (χ2n) is 4.00. The molecule has 0 spiro atoms. The van der Waals surface area contributed by atoms with Crippen LogP contribution in [0, 0.1) is 11.6 Å². The van der Waals surface area contributed by atoms with Crippen LogP contribution in [0.3, 0.4) is 0 Å². The van der Waals surface area contributed by atoms with Gasteiger partial charge in [-0.25, -0.2) is 8.78 Å². The van der Waals surface area contributed by atoms with Gasteiger partial charge in [-0.3, -0.25) is 0 Å². The summed E-state index contributed by atoms with van der Waals surface area (Å²) in [7, 11) is 0. The van der Waals surface area contributed by atoms with Crippen LogP contribution in [0.1, 0.15) is 5.56 Å². The van der Waals surface area contributed by atoms with Crippen molar-refractivity contribution in [3.05, 3.63) is 53.6 Å². The van der Waals surface area contributed by atoms with Gasteiger partial charge in [-0.15, -0.1) is 11.8 Å². The zero-order valence-corrected chi connectivity index (χ0v) is 12.2. The summed E-state index contributed by atoms with van der Waals surface area (Å²) in [6, 6.07) is 8.60. The molecule has 20 heavy (non-hydrogen) atoms. The van der Waals surface area contributed by atoms with Gasteiger partial charge in [-0.1, -0.05) is 18.3 Å². The summed E-state index contributed by atoms with van der Waals surface area (Å²) in [5.74, 6) is -1.07. The number of thiocarbonyl (C=S) groups is 1. The Balaban J connectivity index is 2.48. The molecule has 0 aromatic heterocycles. The molecule has 0 unspecified atom stereocenters. The Bertz CT molecular complexity index is 660. The Hall–Kier alpha value is -1.66. The number of halogens is 2. The van der Waals surface area contributed by atoms with Gasteiger partial charge in [0.2, 0.25) is 0 Å². The SMILES string of the molecule is CSc1cccc(Nc2cc(F)ccc2F)c1C(N)=S. The van der Waals surface area contributed by atoms with Gasteiger partial charge in [0.15, 0.2) is 0 Å². The molecule has 0 amide bonds. The Morgan fingerprint density at radius 3 is 2.60 bits per heavy atom. The first-order valence-electron chi connectivity index (χ1n) is 5.72. The molecule has 3 N–H and O–H groups in total. The number of hydrogen-bond acceptors (Lipinski definition) is 3. The number of nitrogens with one attached hydrogen (secondary N) is 1. The van der Waals surface area contributed by atoms with E-state index in [4.69, 9.17) is 18.0 Å². The molecule has 0 saturated carbocycles. The lowest BCUT2D eigenvalue weighted by atomic mass is 10.1. The summed E-state index contributed by atoms with van der Waals surface area (Å²) < 4.78 is 26.9. The minimum atomic E-state index is -0.546. The van der Waals surface area contributed by atoms with Gasteiger partial charge >= 0.3 is 0 Å². The van der Waals surface area contributed by atoms with Crippen LogP contribution >= 0.6 is 24.0 Å². The molecule has 0 saturated heterocycles. The minimum absolute atomic E-state index is 0.0424. The van der Waals surface area contributed by atoms with Gasteiger partial charge < -0.3 is 11.1 Å². The van der Waals surface area contributed by atoms with Crippen LogP contribution in [0.2, 0.25) is 0 Å². The number of nitrogens with two attached hydrogens (primary N) is 1. The van der Waals surface area contributed by atoms with Crippen molar-refractivity contribution >= 4 is 40.3 Å². The van der Waals surface area contributed by atoms with Crippen molar-refractivity contribution in [3.8, 4) is 0 Å². The first kappa shape index (κ1) is 14.7. The summed E-state index contributed by atoms with van der Waals surface area (Å²) >= 11 is 6.52. The average Bonchev–Trinajstić information content (AvgIpc) is 2.42. The maximum Gasteiger partial charge on any atom is 0.146 e. The van der Waals surface area contributed by atoms with Crippen LogP contribution in [0.15, 0.2) is 41.3 Å². The van der Waals surface area contributed by atoms with E-state index < -0.39 is 11.6 Å². The van der Waals surface area contributed by atoms with Gasteiger partial charge in [-0.05, 0) is 30.5 Å². The van der Waals surface area contributed by atoms with Crippen molar-refractivity contribution in [1.82, 2.24) is 0 Å². The van der Waals surface area contributed by atoms with Gasteiger partial charge in [0.1, 0.15) is 16.6 Å². The predicted octanol–water partition coefficient (Wildman–Crippen LogP) is 4.06. The fourth-order valence-electron chi connectivity index (χ4n) is 1.80. The van der Waals surface area contributed by atoms with E-state index in [1.165, 1.54) is 11.8 Å². The van der Waals surface area contributed by atoms with Crippen molar-refractivity contribution in [1.29, 1.82) is 0 Å². The molecule has 0 aliphatic heterocycles. The number of benzene rings is 2. The molecule has 0 bridgehead atoms. The molecule has 0 aliphatic rings. The van der Waals surface area contributed by atoms with Crippen LogP contribution in [-0.2, 0) is 0 Å². The molecule has 0 radical (unpaired) electrons. The van der Waals surface area contributed by atoms with E-state index >= 15 is 0 Å². The molecule has 2 nitrogen and oxygen atoms in total. The van der Waals surface area contributed by atoms with Crippen molar-refractivity contribution in [2.75, 3.05) is 11.6 Å². The predicted molar refractivity (Wildman–Crippen MR) is 83.8 cm³/mol. The number of hydrogen-bond donors (Lipinski definition) is 2. The highest BCUT2D eigenvalue weighted by Gasteiger charge is 2.12. The summed E-state index contributed by atoms with van der Waals surface area (Å²) in [4.78, 5) is 1.08. The highest BCUT2D eigenvalue weighted by molar-refractivity contribution is 7.98. The molecule has 0 aliphatic carbocycles. The summed E-state index contributed by atoms with van der Waals surface area (Å²) in [6.07, 6.45) is 1.89. The molecule has 6 heteroatoms. The van der Waals surface area contributed by atoms with E-state index in [2.05, 4.69) is 5.32 Å². The first-order chi connectivity index (χ1) is 9.52. The molecule has 2 rings (SSSR count). The van der Waals surface area contributed by atoms with Gasteiger partial charge in [0.25, 0.3) is 0 Å². The van der Waals surface area contributed by atoms with E-state index in [1.807, 2.05) is 12.3 Å². The lowest BCUT2D eigenvalue weighted by Gasteiger charge is -2.14. The molecule has 2 aromatic rings. The Kier molecular flexibility index (Phi) is 4.57. The van der Waals surface area contributed by atoms with E-state index in [1.54, 1.807) is 12.1 Å². The first-order valence-corrected chi connectivity index (χ1v) is 7.35. The highest BCUT2D eigenvalue weighted by atomic mass is 32.2. The quantitative estimate of drug-likeness (QED) is 0.659. The number of thioether (sulfide) groups is 1. The van der Waals surface area contributed by atoms with E-state index in [-0.39, 0.29) is 10.7 Å². The zero-order chi connectivity index (χ0) is 14.7. The topological polar surface area (TPSA) is 38.0 Å². The third-order valence-electron chi connectivity index (χ3n) is 2.69. The average molecular weight is 310 g/mol. The third kappa shape index (κ3) is 3.08. The smallest absolute Gasteiger partial charge is 0.146 e. The van der Waals surface area contributed by atoms with Crippen LogP contribution < -0.4 is 11.1 Å². The highest BCUT2D eigenvalue weighted by Crippen LogP contribution is 2.30. The Morgan fingerprint density at radius 2 is 1.95 bits per heavy atom. The molecular weight excluding hydrogens is 298 g/mol. The third-order valence-corrected chi connectivity index (χ3v) is 3.67. The molecule has 104 valence electrons. The van der Waals surface area contributed by atoms with Gasteiger partial charge in [-0.2, -0.15) is 0 Å². The monoisotopic (exact) mass is 310 g/mol. The maximum absolute atomic E-state index is 13.7. The molecule has 2 aromatic carbocycles. The lowest BCUT2D eigenvalue weighted by Crippen LogP contribution is -2.13. The Morgan fingerprint density at radius 1 is 1.20 bits per heavy atom. The standard InChI is InChI=1S/C14H12F2N2S2/c1-20-12-4-2-3-10(13(12)14(17)19)18-11-7-8(15)5-6-9(11)16/h2-7,18H,1H3,(H2,17,19). The molecular formula is C14H12F2N2S2. The van der Waals surface area contributed by atoms with Crippen molar-refractivity contribution in [3.63, 3.8) is 0 Å². The fraction of sp³-hybridized carbons (Fsp3) is 0.0714. The minimum Gasteiger partial charge on any atom is -0.389 e. The van der Waals surface area contributed by atoms with E-state index in [0.717, 1.165) is 23.1 Å². The summed E-state index contributed by atoms with van der Waals surface area (Å²) in [6.45, 7) is 0. The molecule has 0 fully saturated rings. The van der Waals surface area contributed by atoms with Gasteiger partial charge in [0, 0.05) is 22.2 Å². The Labute approximate surface area is 125 Å². The van der Waals surface area contributed by atoms with Gasteiger partial charge in [0.05, 0.1) is 5.69 Å².